The van der Waals surface area contributed by atoms with E-state index in [1.807, 2.05) is 36.1 Å². The number of alkyl halides is 3. The molecule has 0 bridgehead atoms. The quantitative estimate of drug-likeness (QED) is 0.559. The normalized spacial score (nSPS) is 25.6. The van der Waals surface area contributed by atoms with Crippen molar-refractivity contribution in [3.63, 3.8) is 0 Å². The van der Waals surface area contributed by atoms with Crippen molar-refractivity contribution < 1.29 is 32.2 Å². The molecule has 0 spiro atoms. The average molecular weight is 529 g/mol. The standard InChI is InChI=1S/C26H31F3N2O4.ClH/c1-17(21-8-3-4-9-22(21)33-2)23-15-25(24(30)32,11-13-34-23)31-12-10-20(16-31)35-19-7-5-6-18(14-19)26(27,28)29;/h3-9,14,17,20,23H,10-13,15-16H2,1-2H3,(H2,30,32);1H/t17-,20?,23?,25?;/m0./s1. The number of benzene rings is 2. The molecule has 198 valence electrons. The van der Waals surface area contributed by atoms with Gasteiger partial charge in [-0.1, -0.05) is 31.2 Å². The molecule has 0 radical (unpaired) electrons. The van der Waals surface area contributed by atoms with E-state index in [2.05, 4.69) is 0 Å². The Hall–Kier alpha value is -2.49. The SMILES string of the molecule is COc1ccccc1[C@H](C)C1CC(C(N)=O)(N2CCC(Oc3cccc(C(F)(F)F)c3)C2)CCO1.Cl. The number of amides is 1. The Balaban J connectivity index is 0.00000361. The van der Waals surface area contributed by atoms with Crippen molar-refractivity contribution in [2.75, 3.05) is 26.8 Å². The zero-order valence-electron chi connectivity index (χ0n) is 20.3. The van der Waals surface area contributed by atoms with E-state index in [-0.39, 0.29) is 36.3 Å². The molecule has 2 saturated heterocycles. The first-order valence-electron chi connectivity index (χ1n) is 11.8. The summed E-state index contributed by atoms with van der Waals surface area (Å²) in [5.41, 5.74) is 5.31. The highest BCUT2D eigenvalue weighted by molar-refractivity contribution is 5.85. The van der Waals surface area contributed by atoms with Crippen LogP contribution >= 0.6 is 12.4 Å². The highest BCUT2D eigenvalue weighted by Crippen LogP contribution is 2.41. The predicted molar refractivity (Wildman–Crippen MR) is 132 cm³/mol. The van der Waals surface area contributed by atoms with E-state index >= 15 is 0 Å². The molecule has 1 amide bonds. The lowest BCUT2D eigenvalue weighted by atomic mass is 9.79. The molecule has 0 aromatic heterocycles. The van der Waals surface area contributed by atoms with Crippen molar-refractivity contribution in [1.82, 2.24) is 4.90 Å². The highest BCUT2D eigenvalue weighted by Gasteiger charge is 2.50. The largest absolute Gasteiger partial charge is 0.496 e. The van der Waals surface area contributed by atoms with Gasteiger partial charge in [0.25, 0.3) is 0 Å². The van der Waals surface area contributed by atoms with Crippen LogP contribution in [0.4, 0.5) is 13.2 Å². The lowest BCUT2D eigenvalue weighted by Crippen LogP contribution is -2.61. The summed E-state index contributed by atoms with van der Waals surface area (Å²) in [5.74, 6) is 0.465. The number of nitrogens with two attached hydrogens (primary N) is 1. The molecule has 2 aliphatic rings. The second-order valence-corrected chi connectivity index (χ2v) is 9.29. The minimum absolute atomic E-state index is 0. The molecular formula is C26H32ClF3N2O4. The topological polar surface area (TPSA) is 74.0 Å². The predicted octanol–water partition coefficient (Wildman–Crippen LogP) is 4.80. The zero-order valence-corrected chi connectivity index (χ0v) is 21.1. The fraction of sp³-hybridized carbons (Fsp3) is 0.500. The van der Waals surface area contributed by atoms with E-state index in [0.717, 1.165) is 23.4 Å². The molecule has 0 aliphatic carbocycles. The summed E-state index contributed by atoms with van der Waals surface area (Å²) in [5, 5.41) is 0. The van der Waals surface area contributed by atoms with Crippen molar-refractivity contribution >= 4 is 18.3 Å². The van der Waals surface area contributed by atoms with E-state index in [1.54, 1.807) is 7.11 Å². The van der Waals surface area contributed by atoms with Crippen LogP contribution in [0.5, 0.6) is 11.5 Å². The van der Waals surface area contributed by atoms with Gasteiger partial charge in [-0.25, -0.2) is 0 Å². The molecule has 4 rings (SSSR count). The lowest BCUT2D eigenvalue weighted by Gasteiger charge is -2.46. The van der Waals surface area contributed by atoms with Crippen molar-refractivity contribution in [3.05, 3.63) is 59.7 Å². The molecule has 2 N–H and O–H groups in total. The number of methoxy groups -OCH3 is 1. The van der Waals surface area contributed by atoms with Gasteiger partial charge in [0.05, 0.1) is 18.8 Å². The molecule has 10 heteroatoms. The number of hydrogen-bond donors (Lipinski definition) is 1. The zero-order chi connectivity index (χ0) is 25.2. The lowest BCUT2D eigenvalue weighted by molar-refractivity contribution is -0.142. The Morgan fingerprint density at radius 2 is 1.97 bits per heavy atom. The Morgan fingerprint density at radius 3 is 2.67 bits per heavy atom. The summed E-state index contributed by atoms with van der Waals surface area (Å²) in [6, 6.07) is 12.6. The third-order valence-electron chi connectivity index (χ3n) is 7.25. The van der Waals surface area contributed by atoms with Crippen LogP contribution in [0.15, 0.2) is 48.5 Å². The van der Waals surface area contributed by atoms with Crippen LogP contribution in [-0.4, -0.2) is 55.4 Å². The maximum Gasteiger partial charge on any atom is 0.416 e. The van der Waals surface area contributed by atoms with Crippen molar-refractivity contribution in [2.45, 2.75) is 56.0 Å². The Labute approximate surface area is 215 Å². The average Bonchev–Trinajstić information content (AvgIpc) is 3.32. The van der Waals surface area contributed by atoms with Gasteiger partial charge in [-0.15, -0.1) is 12.4 Å². The van der Waals surface area contributed by atoms with Crippen molar-refractivity contribution in [2.24, 2.45) is 5.73 Å². The Kier molecular flexibility index (Phi) is 8.80. The minimum Gasteiger partial charge on any atom is -0.496 e. The number of halogens is 4. The smallest absolute Gasteiger partial charge is 0.416 e. The van der Waals surface area contributed by atoms with Crippen LogP contribution in [0.25, 0.3) is 0 Å². The van der Waals surface area contributed by atoms with E-state index in [0.29, 0.717) is 39.0 Å². The number of nitrogens with zero attached hydrogens (tertiary/aromatic N) is 1. The van der Waals surface area contributed by atoms with E-state index in [1.165, 1.54) is 12.1 Å². The summed E-state index contributed by atoms with van der Waals surface area (Å²) in [4.78, 5) is 14.9. The number of carbonyl (C=O) groups is 1. The summed E-state index contributed by atoms with van der Waals surface area (Å²) in [6.07, 6.45) is -3.59. The molecule has 4 atom stereocenters. The van der Waals surface area contributed by atoms with E-state index in [4.69, 9.17) is 19.9 Å². The molecule has 2 aromatic carbocycles. The fourth-order valence-electron chi connectivity index (χ4n) is 5.26. The van der Waals surface area contributed by atoms with Gasteiger partial charge in [0.15, 0.2) is 0 Å². The van der Waals surface area contributed by atoms with Gasteiger partial charge >= 0.3 is 6.18 Å². The molecule has 36 heavy (non-hydrogen) atoms. The van der Waals surface area contributed by atoms with Crippen LogP contribution in [0.3, 0.4) is 0 Å². The summed E-state index contributed by atoms with van der Waals surface area (Å²) in [6.45, 7) is 3.38. The molecule has 3 unspecified atom stereocenters. The van der Waals surface area contributed by atoms with Crippen LogP contribution in [-0.2, 0) is 15.7 Å². The summed E-state index contributed by atoms with van der Waals surface area (Å²) in [7, 11) is 1.62. The Bertz CT molecular complexity index is 1050. The molecule has 0 saturated carbocycles. The number of primary amides is 1. The van der Waals surface area contributed by atoms with Gasteiger partial charge in [0.2, 0.25) is 5.91 Å². The van der Waals surface area contributed by atoms with Gasteiger partial charge in [-0.05, 0) is 42.7 Å². The number of para-hydroxylation sites is 1. The maximum atomic E-state index is 13.1. The summed E-state index contributed by atoms with van der Waals surface area (Å²) < 4.78 is 56.7. The second kappa shape index (κ2) is 11.3. The monoisotopic (exact) mass is 528 g/mol. The first-order valence-corrected chi connectivity index (χ1v) is 11.8. The highest BCUT2D eigenvalue weighted by atomic mass is 35.5. The summed E-state index contributed by atoms with van der Waals surface area (Å²) >= 11 is 0. The first kappa shape index (κ1) is 28.1. The van der Waals surface area contributed by atoms with Gasteiger partial charge in [0.1, 0.15) is 23.1 Å². The van der Waals surface area contributed by atoms with Crippen molar-refractivity contribution in [3.8, 4) is 11.5 Å². The molecular weight excluding hydrogens is 497 g/mol. The molecule has 2 aliphatic heterocycles. The van der Waals surface area contributed by atoms with Gasteiger partial charge < -0.3 is 19.9 Å². The molecule has 2 heterocycles. The molecule has 6 nitrogen and oxygen atoms in total. The van der Waals surface area contributed by atoms with Crippen LogP contribution in [0.1, 0.15) is 43.2 Å². The number of carbonyl (C=O) groups excluding carboxylic acids is 1. The molecule has 2 aromatic rings. The van der Waals surface area contributed by atoms with Gasteiger partial charge in [-0.3, -0.25) is 9.69 Å². The van der Waals surface area contributed by atoms with Crippen molar-refractivity contribution in [1.29, 1.82) is 0 Å². The fourth-order valence-corrected chi connectivity index (χ4v) is 5.26. The third kappa shape index (κ3) is 5.74. The van der Waals surface area contributed by atoms with Gasteiger partial charge in [-0.2, -0.15) is 13.2 Å². The third-order valence-corrected chi connectivity index (χ3v) is 7.25. The molecule has 2 fully saturated rings. The van der Waals surface area contributed by atoms with Crippen LogP contribution in [0.2, 0.25) is 0 Å². The minimum atomic E-state index is -4.44. The van der Waals surface area contributed by atoms with E-state index < -0.39 is 23.2 Å². The maximum absolute atomic E-state index is 13.1. The number of rotatable bonds is 7. The van der Waals surface area contributed by atoms with Crippen LogP contribution in [0, 0.1) is 0 Å². The van der Waals surface area contributed by atoms with Crippen LogP contribution < -0.4 is 15.2 Å². The second-order valence-electron chi connectivity index (χ2n) is 9.29. The Morgan fingerprint density at radius 1 is 1.22 bits per heavy atom. The number of hydrogen-bond acceptors (Lipinski definition) is 5. The van der Waals surface area contributed by atoms with E-state index in [9.17, 15) is 18.0 Å². The van der Waals surface area contributed by atoms with Gasteiger partial charge in [0, 0.05) is 32.0 Å². The number of ether oxygens (including phenoxy) is 3. The number of likely N-dealkylation sites (tertiary alicyclic amines) is 1. The first-order chi connectivity index (χ1) is 16.6.